The number of fused-ring (bicyclic) bond motifs is 4. The summed E-state index contributed by atoms with van der Waals surface area (Å²) in [6, 6.07) is -1.02. The van der Waals surface area contributed by atoms with Gasteiger partial charge in [0.2, 0.25) is 11.3 Å². The van der Waals surface area contributed by atoms with Crippen molar-refractivity contribution in [3.8, 4) is 0 Å². The molecule has 1 saturated carbocycles. The Balaban J connectivity index is 1.50. The van der Waals surface area contributed by atoms with E-state index in [0.717, 1.165) is 12.0 Å². The summed E-state index contributed by atoms with van der Waals surface area (Å²) in [4.78, 5) is 53.3. The van der Waals surface area contributed by atoms with Crippen molar-refractivity contribution >= 4 is 17.8 Å². The number of carbonyl (C=O) groups excluding carboxylic acids is 3. The van der Waals surface area contributed by atoms with Crippen molar-refractivity contribution in [2.45, 2.75) is 130 Å². The van der Waals surface area contributed by atoms with Crippen LogP contribution in [0.1, 0.15) is 88.0 Å². The molecule has 55 heavy (non-hydrogen) atoms. The summed E-state index contributed by atoms with van der Waals surface area (Å²) in [6.45, 7) is 17.2. The molecule has 4 aliphatic carbocycles. The molecule has 6 rings (SSSR count). The van der Waals surface area contributed by atoms with Crippen molar-refractivity contribution in [2.24, 2.45) is 46.8 Å². The summed E-state index contributed by atoms with van der Waals surface area (Å²) in [5.41, 5.74) is -2.78. The molecule has 13 heteroatoms. The monoisotopic (exact) mass is 766 g/mol. The Morgan fingerprint density at radius 3 is 2.40 bits per heavy atom. The first-order valence-corrected chi connectivity index (χ1v) is 19.6. The van der Waals surface area contributed by atoms with E-state index in [1.54, 1.807) is 32.9 Å². The first-order valence-electron chi connectivity index (χ1n) is 19.6. The molecule has 15 atom stereocenters. The fraction of sp³-hybridized carbons (Fsp3) is 0.690. The first kappa shape index (κ1) is 40.8. The van der Waals surface area contributed by atoms with E-state index in [0.29, 0.717) is 23.0 Å². The SMILES string of the molecule is COC(=O)NC1C(C)OC(OC2C/C=C(\C)C3C=CC4C(C)C(C)CC(C)C4C3(C)/C(O)=C3\C(=O)OC4(CC(C)=CC(O)C4/C=C/2C)C3=O)CC1(C)[N+](=O)[O-]. The average Bonchev–Trinajstić information content (AvgIpc) is 3.35. The van der Waals surface area contributed by atoms with E-state index in [-0.39, 0.29) is 48.3 Å². The molecule has 6 aliphatic rings. The smallest absolute Gasteiger partial charge is 0.407 e. The molecule has 15 unspecified atom stereocenters. The quantitative estimate of drug-likeness (QED) is 0.0959. The minimum absolute atomic E-state index is 0.0265. The van der Waals surface area contributed by atoms with Gasteiger partial charge in [0.1, 0.15) is 17.4 Å². The number of alkyl carbamates (subject to hydrolysis) is 1. The maximum Gasteiger partial charge on any atom is 0.407 e. The second-order valence-corrected chi connectivity index (χ2v) is 17.8. The van der Waals surface area contributed by atoms with Crippen LogP contribution in [0.3, 0.4) is 0 Å². The highest BCUT2D eigenvalue weighted by atomic mass is 16.7. The number of methoxy groups -OCH3 is 1. The standard InChI is InChI=1S/C42H58N2O11/c1-20-15-30(45)29-17-23(4)31(54-32-19-40(8,44(50)51)35(26(7)53-32)43-39(49)52-10)14-11-21(2)28-13-12-27-25(6)22(3)16-24(5)34(27)41(28,9)36(46)33-37(47)42(29,18-20)55-38(33)48/h11-13,15,17,22,24-32,34-35,45-46H,14,16,18-19H2,1-10H3,(H,43,49)/b21-11+,23-17+,36-33+. The minimum Gasteiger partial charge on any atom is -0.511 e. The number of carbonyl (C=O) groups is 3. The Morgan fingerprint density at radius 1 is 1.05 bits per heavy atom. The van der Waals surface area contributed by atoms with E-state index >= 15 is 0 Å². The molecule has 0 aromatic carbocycles. The summed E-state index contributed by atoms with van der Waals surface area (Å²) < 4.78 is 23.7. The average molecular weight is 767 g/mol. The van der Waals surface area contributed by atoms with Crippen molar-refractivity contribution in [3.63, 3.8) is 0 Å². The molecule has 13 nitrogen and oxygen atoms in total. The molecule has 2 saturated heterocycles. The summed E-state index contributed by atoms with van der Waals surface area (Å²) >= 11 is 0. The molecule has 0 aromatic rings. The van der Waals surface area contributed by atoms with Gasteiger partial charge in [0.15, 0.2) is 11.9 Å². The van der Waals surface area contributed by atoms with Gasteiger partial charge in [-0.15, -0.1) is 0 Å². The number of ether oxygens (including phenoxy) is 4. The van der Waals surface area contributed by atoms with Crippen LogP contribution in [0.4, 0.5) is 4.79 Å². The summed E-state index contributed by atoms with van der Waals surface area (Å²) in [6.07, 6.45) is 6.02. The van der Waals surface area contributed by atoms with Crippen LogP contribution >= 0.6 is 0 Å². The van der Waals surface area contributed by atoms with Crippen LogP contribution in [-0.2, 0) is 28.5 Å². The maximum atomic E-state index is 14.9. The highest BCUT2D eigenvalue weighted by molar-refractivity contribution is 6.26. The molecule has 2 heterocycles. The molecule has 1 spiro atoms. The number of esters is 1. The molecular formula is C42H58N2O11. The van der Waals surface area contributed by atoms with Gasteiger partial charge < -0.3 is 34.5 Å². The number of nitro groups is 1. The number of aliphatic hydroxyl groups is 2. The number of nitrogens with one attached hydrogen (secondary N) is 1. The van der Waals surface area contributed by atoms with Crippen molar-refractivity contribution < 1.29 is 48.5 Å². The third-order valence-corrected chi connectivity index (χ3v) is 14.3. The fourth-order valence-electron chi connectivity index (χ4n) is 11.2. The normalized spacial score (nSPS) is 47.7. The molecule has 0 radical (unpaired) electrons. The fourth-order valence-corrected chi connectivity index (χ4v) is 11.2. The Kier molecular flexibility index (Phi) is 10.8. The lowest BCUT2D eigenvalue weighted by molar-refractivity contribution is -0.584. The third-order valence-electron chi connectivity index (χ3n) is 14.3. The van der Waals surface area contributed by atoms with Crippen LogP contribution < -0.4 is 5.32 Å². The molecule has 1 amide bonds. The highest BCUT2D eigenvalue weighted by Crippen LogP contribution is 2.61. The number of aliphatic hydroxyl groups excluding tert-OH is 2. The van der Waals surface area contributed by atoms with Gasteiger partial charge in [0.25, 0.3) is 0 Å². The Bertz CT molecular complexity index is 1780. The van der Waals surface area contributed by atoms with Crippen LogP contribution in [0, 0.1) is 57.0 Å². The summed E-state index contributed by atoms with van der Waals surface area (Å²) in [5, 5.41) is 39.3. The van der Waals surface area contributed by atoms with Crippen molar-refractivity contribution in [3.05, 3.63) is 68.5 Å². The zero-order valence-electron chi connectivity index (χ0n) is 33.7. The van der Waals surface area contributed by atoms with Crippen LogP contribution in [0.25, 0.3) is 0 Å². The predicted octanol–water partition coefficient (Wildman–Crippen LogP) is 6.30. The van der Waals surface area contributed by atoms with Crippen molar-refractivity contribution in [1.82, 2.24) is 5.32 Å². The van der Waals surface area contributed by atoms with Gasteiger partial charge in [0, 0.05) is 29.6 Å². The van der Waals surface area contributed by atoms with Gasteiger partial charge in [0.05, 0.1) is 37.8 Å². The lowest BCUT2D eigenvalue weighted by Crippen LogP contribution is -2.65. The number of hydrogen-bond donors (Lipinski definition) is 3. The molecule has 2 aliphatic heterocycles. The first-order chi connectivity index (χ1) is 25.7. The Morgan fingerprint density at radius 2 is 1.75 bits per heavy atom. The molecule has 302 valence electrons. The lowest BCUT2D eigenvalue weighted by atomic mass is 9.48. The largest absolute Gasteiger partial charge is 0.511 e. The van der Waals surface area contributed by atoms with E-state index in [1.165, 1.54) is 14.0 Å². The number of rotatable bonds is 4. The molecule has 0 aromatic heterocycles. The van der Waals surface area contributed by atoms with Gasteiger partial charge in [-0.25, -0.2) is 9.59 Å². The summed E-state index contributed by atoms with van der Waals surface area (Å²) in [5.74, 6) is -2.42. The van der Waals surface area contributed by atoms with Gasteiger partial charge in [-0.2, -0.15) is 0 Å². The van der Waals surface area contributed by atoms with E-state index < -0.39 is 81.8 Å². The molecule has 3 fully saturated rings. The number of Topliss-reactive ketones (excluding diaryl/α,β-unsaturated/α-hetero) is 1. The van der Waals surface area contributed by atoms with Crippen molar-refractivity contribution in [1.29, 1.82) is 0 Å². The number of ketones is 1. The molecular weight excluding hydrogens is 708 g/mol. The van der Waals surface area contributed by atoms with Gasteiger partial charge in [-0.1, -0.05) is 69.2 Å². The van der Waals surface area contributed by atoms with Crippen LogP contribution in [-0.4, -0.2) is 81.9 Å². The Hall–Kier alpha value is -3.81. The zero-order valence-corrected chi connectivity index (χ0v) is 33.7. The number of allylic oxidation sites excluding steroid dienone is 4. The van der Waals surface area contributed by atoms with E-state index in [1.807, 2.05) is 19.9 Å². The van der Waals surface area contributed by atoms with Gasteiger partial charge in [-0.05, 0) is 75.7 Å². The van der Waals surface area contributed by atoms with E-state index in [4.69, 9.17) is 18.9 Å². The molecule has 2 bridgehead atoms. The Labute approximate surface area is 323 Å². The van der Waals surface area contributed by atoms with E-state index in [2.05, 4.69) is 38.2 Å². The van der Waals surface area contributed by atoms with Crippen LogP contribution in [0.15, 0.2) is 58.4 Å². The van der Waals surface area contributed by atoms with Crippen LogP contribution in [0.2, 0.25) is 0 Å². The molecule has 3 N–H and O–H groups in total. The number of amides is 1. The van der Waals surface area contributed by atoms with E-state index in [9.17, 15) is 34.7 Å². The topological polar surface area (TPSA) is 184 Å². The third kappa shape index (κ3) is 6.57. The second kappa shape index (κ2) is 14.6. The highest BCUT2D eigenvalue weighted by Gasteiger charge is 2.64. The van der Waals surface area contributed by atoms with Crippen molar-refractivity contribution in [2.75, 3.05) is 7.11 Å². The maximum absolute atomic E-state index is 14.9. The van der Waals surface area contributed by atoms with Crippen LogP contribution in [0.5, 0.6) is 0 Å². The lowest BCUT2D eigenvalue weighted by Gasteiger charge is -2.56. The summed E-state index contributed by atoms with van der Waals surface area (Å²) in [7, 11) is 1.18. The number of nitrogens with zero attached hydrogens (tertiary/aromatic N) is 1. The zero-order chi connectivity index (χ0) is 40.5. The second-order valence-electron chi connectivity index (χ2n) is 17.8. The van der Waals surface area contributed by atoms with Gasteiger partial charge in [-0.3, -0.25) is 14.9 Å². The predicted molar refractivity (Wildman–Crippen MR) is 202 cm³/mol. The number of hydrogen-bond acceptors (Lipinski definition) is 11. The minimum atomic E-state index is -1.82. The van der Waals surface area contributed by atoms with Gasteiger partial charge >= 0.3 is 12.1 Å².